The molecule has 2 N–H and O–H groups in total. The lowest BCUT2D eigenvalue weighted by Gasteiger charge is -1.70. The van der Waals surface area contributed by atoms with Gasteiger partial charge in [-0.3, -0.25) is 0 Å². The minimum atomic E-state index is 0.226. The second-order valence-corrected chi connectivity index (χ2v) is 1.61. The smallest absolute Gasteiger partial charge is 0.0356 e. The van der Waals surface area contributed by atoms with Crippen LogP contribution in [0.4, 0.5) is 0 Å². The molecule has 2 radical (unpaired) electrons. The van der Waals surface area contributed by atoms with Crippen LogP contribution in [0, 0.1) is 0 Å². The molecule has 58 valence electrons. The second kappa shape index (κ2) is 15.8. The first-order valence-electron chi connectivity index (χ1n) is 3.36. The van der Waals surface area contributed by atoms with Crippen LogP contribution in [-0.2, 0) is 0 Å². The second-order valence-electron chi connectivity index (χ2n) is 1.61. The van der Waals surface area contributed by atoms with Crippen LogP contribution in [0.1, 0.15) is 13.3 Å². The number of hydrogen-bond donors (Lipinski definition) is 1. The summed E-state index contributed by atoms with van der Waals surface area (Å²) in [5, 5.41) is 0. The Hall–Kier alpha value is -0.600. The Bertz CT molecular complexity index is 77.3. The Balaban J connectivity index is 0. The molecule has 2 nitrogen and oxygen atoms in total. The average molecular weight is 140 g/mol. The zero-order chi connectivity index (χ0) is 8.24. The normalized spacial score (nSPS) is 8.70. The maximum absolute atomic E-state index is 8.00. The molecule has 0 heterocycles. The molecule has 0 bridgehead atoms. The summed E-state index contributed by atoms with van der Waals surface area (Å²) >= 11 is 0. The monoisotopic (exact) mass is 140 g/mol. The van der Waals surface area contributed by atoms with E-state index in [1.807, 2.05) is 19.1 Å². The van der Waals surface area contributed by atoms with Gasteiger partial charge in [-0.2, -0.15) is 0 Å². The Kier molecular flexibility index (Phi) is 19.1. The van der Waals surface area contributed by atoms with Crippen LogP contribution in [0.5, 0.6) is 0 Å². The highest BCUT2D eigenvalue weighted by Crippen LogP contribution is 1.68. The van der Waals surface area contributed by atoms with Crippen LogP contribution in [0.15, 0.2) is 24.8 Å². The molecule has 0 fully saturated rings. The van der Waals surface area contributed by atoms with E-state index in [2.05, 4.69) is 6.58 Å². The van der Waals surface area contributed by atoms with Crippen molar-refractivity contribution in [2.24, 2.45) is 5.73 Å². The molecule has 0 rings (SSSR count). The third-order valence-corrected chi connectivity index (χ3v) is 0.705. The van der Waals surface area contributed by atoms with Crippen molar-refractivity contribution < 1.29 is 0 Å². The standard InChI is InChI=1S/C4H9N.C4H7N/c2*1-2-3-4-5/h2-3H,4-5H2,1H3;2H,1,3-4H2. The first-order valence-corrected chi connectivity index (χ1v) is 3.36. The third kappa shape index (κ3) is 26.2. The lowest BCUT2D eigenvalue weighted by atomic mass is 10.4. The largest absolute Gasteiger partial charge is 0.327 e. The van der Waals surface area contributed by atoms with Crippen molar-refractivity contribution in [3.63, 3.8) is 0 Å². The summed E-state index contributed by atoms with van der Waals surface area (Å²) in [5.41, 5.74) is 13.0. The molecule has 0 saturated carbocycles. The molecule has 0 aromatic rings. The molecule has 2 heteroatoms. The molecule has 0 unspecified atom stereocenters. The Morgan fingerprint density at radius 3 is 2.20 bits per heavy atom. The van der Waals surface area contributed by atoms with Gasteiger partial charge in [-0.1, -0.05) is 18.2 Å². The molecule has 0 atom stereocenters. The Labute approximate surface area is 63.6 Å². The van der Waals surface area contributed by atoms with E-state index in [0.717, 1.165) is 0 Å². The van der Waals surface area contributed by atoms with Crippen LogP contribution in [0.2, 0.25) is 0 Å². The van der Waals surface area contributed by atoms with E-state index in [9.17, 15) is 0 Å². The van der Waals surface area contributed by atoms with Gasteiger partial charge in [-0.25, -0.2) is 0 Å². The van der Waals surface area contributed by atoms with Crippen molar-refractivity contribution in [3.05, 3.63) is 24.8 Å². The van der Waals surface area contributed by atoms with Crippen LogP contribution in [0.3, 0.4) is 0 Å². The van der Waals surface area contributed by atoms with E-state index in [1.165, 1.54) is 0 Å². The van der Waals surface area contributed by atoms with Gasteiger partial charge in [0.15, 0.2) is 0 Å². The van der Waals surface area contributed by atoms with Crippen LogP contribution in [-0.4, -0.2) is 13.1 Å². The lowest BCUT2D eigenvalue weighted by Crippen LogP contribution is -1.90. The van der Waals surface area contributed by atoms with Gasteiger partial charge in [-0.05, 0) is 13.3 Å². The molecular formula is C8H16N2. The van der Waals surface area contributed by atoms with Gasteiger partial charge in [0.05, 0.1) is 0 Å². The first-order chi connectivity index (χ1) is 4.83. The zero-order valence-corrected chi connectivity index (χ0v) is 6.59. The number of nitrogens with two attached hydrogens (primary N) is 1. The summed E-state index contributed by atoms with van der Waals surface area (Å²) in [6.45, 7) is 6.23. The fraction of sp³-hybridized carbons (Fsp3) is 0.500. The SMILES string of the molecule is C=CCC[N].CC=CCN. The fourth-order valence-corrected chi connectivity index (χ4v) is 0.227. The molecule has 0 saturated heterocycles. The Morgan fingerprint density at radius 1 is 1.60 bits per heavy atom. The third-order valence-electron chi connectivity index (χ3n) is 0.705. The molecule has 0 aliphatic heterocycles. The molecular weight excluding hydrogens is 124 g/mol. The van der Waals surface area contributed by atoms with Crippen molar-refractivity contribution in [1.82, 2.24) is 5.73 Å². The van der Waals surface area contributed by atoms with Crippen molar-refractivity contribution in [2.45, 2.75) is 13.3 Å². The van der Waals surface area contributed by atoms with E-state index in [-0.39, 0.29) is 6.54 Å². The highest BCUT2D eigenvalue weighted by molar-refractivity contribution is 4.76. The minimum absolute atomic E-state index is 0.226. The number of rotatable bonds is 3. The average Bonchev–Trinajstić information content (AvgIpc) is 1.93. The van der Waals surface area contributed by atoms with Gasteiger partial charge in [-0.15, -0.1) is 12.3 Å². The molecule has 0 spiro atoms. The van der Waals surface area contributed by atoms with Crippen molar-refractivity contribution >= 4 is 0 Å². The zero-order valence-electron chi connectivity index (χ0n) is 6.59. The number of nitrogens with zero attached hydrogens (tertiary/aromatic N) is 1. The highest BCUT2D eigenvalue weighted by atomic mass is 14.5. The molecule has 10 heavy (non-hydrogen) atoms. The summed E-state index contributed by atoms with van der Waals surface area (Å²) < 4.78 is 0. The minimum Gasteiger partial charge on any atom is -0.327 e. The molecule has 0 aromatic heterocycles. The van der Waals surface area contributed by atoms with Crippen molar-refractivity contribution in [2.75, 3.05) is 13.1 Å². The summed E-state index contributed by atoms with van der Waals surface area (Å²) in [6, 6.07) is 0. The van der Waals surface area contributed by atoms with E-state index < -0.39 is 0 Å². The van der Waals surface area contributed by atoms with E-state index in [4.69, 9.17) is 11.5 Å². The van der Waals surface area contributed by atoms with Crippen molar-refractivity contribution in [3.8, 4) is 0 Å². The van der Waals surface area contributed by atoms with E-state index in [1.54, 1.807) is 6.08 Å². The van der Waals surface area contributed by atoms with E-state index in [0.29, 0.717) is 13.0 Å². The van der Waals surface area contributed by atoms with Gasteiger partial charge in [0.1, 0.15) is 0 Å². The summed E-state index contributed by atoms with van der Waals surface area (Å²) in [4.78, 5) is 0. The maximum atomic E-state index is 8.00. The predicted molar refractivity (Wildman–Crippen MR) is 45.7 cm³/mol. The molecule has 0 aliphatic rings. The Morgan fingerprint density at radius 2 is 2.20 bits per heavy atom. The van der Waals surface area contributed by atoms with Crippen molar-refractivity contribution in [1.29, 1.82) is 0 Å². The molecule has 0 aromatic carbocycles. The van der Waals surface area contributed by atoms with Crippen LogP contribution >= 0.6 is 0 Å². The summed E-state index contributed by atoms with van der Waals surface area (Å²) in [6.07, 6.45) is 6.22. The molecule has 0 amide bonds. The highest BCUT2D eigenvalue weighted by Gasteiger charge is 1.64. The van der Waals surface area contributed by atoms with Gasteiger partial charge in [0.2, 0.25) is 0 Å². The lowest BCUT2D eigenvalue weighted by molar-refractivity contribution is 0.978. The topological polar surface area (TPSA) is 48.3 Å². The van der Waals surface area contributed by atoms with E-state index >= 15 is 0 Å². The van der Waals surface area contributed by atoms with Gasteiger partial charge >= 0.3 is 0 Å². The van der Waals surface area contributed by atoms with Gasteiger partial charge in [0.25, 0.3) is 0 Å². The number of hydrogen-bond acceptors (Lipinski definition) is 1. The quantitative estimate of drug-likeness (QED) is 0.587. The summed E-state index contributed by atoms with van der Waals surface area (Å²) in [5.74, 6) is 0. The fourth-order valence-electron chi connectivity index (χ4n) is 0.227. The van der Waals surface area contributed by atoms with Crippen LogP contribution in [0.25, 0.3) is 0 Å². The maximum Gasteiger partial charge on any atom is 0.0356 e. The van der Waals surface area contributed by atoms with Gasteiger partial charge < -0.3 is 5.73 Å². The van der Waals surface area contributed by atoms with Gasteiger partial charge in [0, 0.05) is 13.1 Å². The summed E-state index contributed by atoms with van der Waals surface area (Å²) in [7, 11) is 0. The predicted octanol–water partition coefficient (Wildman–Crippen LogP) is 1.15. The number of allylic oxidation sites excluding steroid dienone is 1. The van der Waals surface area contributed by atoms with Crippen LogP contribution < -0.4 is 11.5 Å². The molecule has 0 aliphatic carbocycles. The first kappa shape index (κ1) is 12.1.